The van der Waals surface area contributed by atoms with Crippen LogP contribution in [0.2, 0.25) is 0 Å². The van der Waals surface area contributed by atoms with Crippen LogP contribution in [-0.4, -0.2) is 68.9 Å². The van der Waals surface area contributed by atoms with E-state index >= 15 is 0 Å². The van der Waals surface area contributed by atoms with Crippen LogP contribution < -0.4 is 24.4 Å². The van der Waals surface area contributed by atoms with Crippen LogP contribution in [0.15, 0.2) is 24.4 Å². The van der Waals surface area contributed by atoms with E-state index in [2.05, 4.69) is 15.3 Å². The molecule has 0 saturated heterocycles. The van der Waals surface area contributed by atoms with Gasteiger partial charge in [-0.05, 0) is 43.9 Å². The Hall–Kier alpha value is -3.56. The van der Waals surface area contributed by atoms with Crippen molar-refractivity contribution in [3.63, 3.8) is 0 Å². The Morgan fingerprint density at radius 3 is 2.54 bits per heavy atom. The fourth-order valence-electron chi connectivity index (χ4n) is 4.34. The molecule has 1 saturated carbocycles. The summed E-state index contributed by atoms with van der Waals surface area (Å²) in [6, 6.07) is 5.52. The summed E-state index contributed by atoms with van der Waals surface area (Å²) in [5, 5.41) is 3.14. The second kappa shape index (κ2) is 11.7. The molecule has 1 aliphatic carbocycles. The van der Waals surface area contributed by atoms with E-state index in [1.807, 2.05) is 39.2 Å². The lowest BCUT2D eigenvalue weighted by Gasteiger charge is -2.36. The van der Waals surface area contributed by atoms with Gasteiger partial charge < -0.3 is 29.2 Å². The summed E-state index contributed by atoms with van der Waals surface area (Å²) >= 11 is 0. The molecular weight excluding hydrogens is 452 g/mol. The van der Waals surface area contributed by atoms with Crippen molar-refractivity contribution in [2.75, 3.05) is 39.8 Å². The summed E-state index contributed by atoms with van der Waals surface area (Å²) in [5.41, 5.74) is 1.21. The molecule has 1 heterocycles. The van der Waals surface area contributed by atoms with Gasteiger partial charge in [-0.15, -0.1) is 0 Å². The second-order valence-electron chi connectivity index (χ2n) is 8.56. The van der Waals surface area contributed by atoms with Gasteiger partial charge in [-0.2, -0.15) is 4.98 Å². The Balaban J connectivity index is 1.90. The Labute approximate surface area is 205 Å². The van der Waals surface area contributed by atoms with Gasteiger partial charge in [0.25, 0.3) is 5.91 Å². The molecule has 0 bridgehead atoms. The van der Waals surface area contributed by atoms with Gasteiger partial charge in [0.2, 0.25) is 11.8 Å². The van der Waals surface area contributed by atoms with Crippen LogP contribution in [0.25, 0.3) is 0 Å². The van der Waals surface area contributed by atoms with E-state index in [1.54, 1.807) is 12.0 Å². The molecule has 1 aromatic carbocycles. The van der Waals surface area contributed by atoms with Crippen molar-refractivity contribution in [3.05, 3.63) is 35.5 Å². The summed E-state index contributed by atoms with van der Waals surface area (Å²) in [4.78, 5) is 35.2. The summed E-state index contributed by atoms with van der Waals surface area (Å²) in [6.07, 6.45) is 3.07. The number of benzene rings is 1. The fourth-order valence-corrected chi connectivity index (χ4v) is 4.34. The number of anilines is 1. The summed E-state index contributed by atoms with van der Waals surface area (Å²) in [6.45, 7) is 3.81. The highest BCUT2D eigenvalue weighted by Crippen LogP contribution is 2.39. The predicted octanol–water partition coefficient (Wildman–Crippen LogP) is 2.96. The minimum Gasteiger partial charge on any atom is -0.493 e. The number of methoxy groups -OCH3 is 2. The van der Waals surface area contributed by atoms with Crippen LogP contribution in [0.3, 0.4) is 0 Å². The highest BCUT2D eigenvalue weighted by Gasteiger charge is 2.35. The molecule has 1 aliphatic rings. The SMILES string of the molecule is CCOc1cc([C@H]2C[C@H](OC(C)=O)CC[C@H]2NC(=O)c2cnc(N(C)C)nc2OC)ccc1OC. The van der Waals surface area contributed by atoms with Crippen molar-refractivity contribution >= 4 is 17.8 Å². The van der Waals surface area contributed by atoms with E-state index in [0.717, 1.165) is 5.56 Å². The number of hydrogen-bond donors (Lipinski definition) is 1. The first-order chi connectivity index (χ1) is 16.8. The number of nitrogens with zero attached hydrogens (tertiary/aromatic N) is 3. The molecule has 0 radical (unpaired) electrons. The van der Waals surface area contributed by atoms with Crippen LogP contribution >= 0.6 is 0 Å². The average molecular weight is 487 g/mol. The van der Waals surface area contributed by atoms with Crippen molar-refractivity contribution in [1.82, 2.24) is 15.3 Å². The van der Waals surface area contributed by atoms with E-state index in [4.69, 9.17) is 18.9 Å². The van der Waals surface area contributed by atoms with E-state index < -0.39 is 0 Å². The van der Waals surface area contributed by atoms with Gasteiger partial charge in [0.05, 0.1) is 20.8 Å². The fraction of sp³-hybridized carbons (Fsp3) is 0.520. The van der Waals surface area contributed by atoms with Crippen LogP contribution in [-0.2, 0) is 9.53 Å². The molecule has 3 atom stereocenters. The van der Waals surface area contributed by atoms with Crippen molar-refractivity contribution in [3.8, 4) is 17.4 Å². The number of carbonyl (C=O) groups excluding carboxylic acids is 2. The first-order valence-corrected chi connectivity index (χ1v) is 11.6. The van der Waals surface area contributed by atoms with E-state index in [0.29, 0.717) is 43.3 Å². The molecule has 0 unspecified atom stereocenters. The van der Waals surface area contributed by atoms with Gasteiger partial charge in [-0.25, -0.2) is 4.98 Å². The minimum atomic E-state index is -0.327. The molecular formula is C25H34N4O6. The monoisotopic (exact) mass is 486 g/mol. The molecule has 1 amide bonds. The van der Waals surface area contributed by atoms with Crippen molar-refractivity contribution in [2.24, 2.45) is 0 Å². The molecule has 1 fully saturated rings. The average Bonchev–Trinajstić information content (AvgIpc) is 2.84. The molecule has 2 aromatic rings. The first kappa shape index (κ1) is 26.1. The van der Waals surface area contributed by atoms with E-state index in [-0.39, 0.29) is 41.4 Å². The molecule has 1 aromatic heterocycles. The lowest BCUT2D eigenvalue weighted by atomic mass is 9.78. The van der Waals surface area contributed by atoms with Crippen molar-refractivity contribution in [2.45, 2.75) is 51.2 Å². The van der Waals surface area contributed by atoms with Crippen molar-refractivity contribution in [1.29, 1.82) is 0 Å². The third-order valence-electron chi connectivity index (χ3n) is 5.95. The molecule has 10 heteroatoms. The molecule has 0 aliphatic heterocycles. The molecule has 0 spiro atoms. The van der Waals surface area contributed by atoms with Gasteiger partial charge >= 0.3 is 5.97 Å². The lowest BCUT2D eigenvalue weighted by molar-refractivity contribution is -0.148. The molecule has 1 N–H and O–H groups in total. The first-order valence-electron chi connectivity index (χ1n) is 11.6. The zero-order valence-electron chi connectivity index (χ0n) is 21.2. The van der Waals surface area contributed by atoms with Gasteiger partial charge in [0.1, 0.15) is 11.7 Å². The van der Waals surface area contributed by atoms with Crippen LogP contribution in [0.1, 0.15) is 54.9 Å². The van der Waals surface area contributed by atoms with Gasteiger partial charge in [0, 0.05) is 39.2 Å². The normalized spacial score (nSPS) is 19.4. The van der Waals surface area contributed by atoms with Gasteiger partial charge in [0.15, 0.2) is 11.5 Å². The van der Waals surface area contributed by atoms with Gasteiger partial charge in [-0.1, -0.05) is 6.07 Å². The summed E-state index contributed by atoms with van der Waals surface area (Å²) in [5.74, 6) is 1.15. The highest BCUT2D eigenvalue weighted by molar-refractivity contribution is 5.96. The molecule has 3 rings (SSSR count). The lowest BCUT2D eigenvalue weighted by Crippen LogP contribution is -2.44. The predicted molar refractivity (Wildman–Crippen MR) is 130 cm³/mol. The number of ether oxygens (including phenoxy) is 4. The highest BCUT2D eigenvalue weighted by atomic mass is 16.5. The maximum absolute atomic E-state index is 13.3. The van der Waals surface area contributed by atoms with E-state index in [1.165, 1.54) is 20.2 Å². The summed E-state index contributed by atoms with van der Waals surface area (Å²) < 4.78 is 22.1. The van der Waals surface area contributed by atoms with Crippen LogP contribution in [0.4, 0.5) is 5.95 Å². The number of hydrogen-bond acceptors (Lipinski definition) is 9. The number of esters is 1. The van der Waals surface area contributed by atoms with Crippen LogP contribution in [0.5, 0.6) is 17.4 Å². The summed E-state index contributed by atoms with van der Waals surface area (Å²) in [7, 11) is 6.69. The maximum Gasteiger partial charge on any atom is 0.302 e. The van der Waals surface area contributed by atoms with Gasteiger partial charge in [-0.3, -0.25) is 9.59 Å². The minimum absolute atomic E-state index is 0.116. The third-order valence-corrected chi connectivity index (χ3v) is 5.95. The third kappa shape index (κ3) is 6.32. The number of nitrogens with one attached hydrogen (secondary N) is 1. The number of aromatic nitrogens is 2. The van der Waals surface area contributed by atoms with Crippen molar-refractivity contribution < 1.29 is 28.5 Å². The number of carbonyl (C=O) groups is 2. The topological polar surface area (TPSA) is 112 Å². The number of amides is 1. The Bertz CT molecular complexity index is 1040. The number of rotatable bonds is 9. The molecule has 10 nitrogen and oxygen atoms in total. The standard InChI is InChI=1S/C25H34N4O6/c1-7-34-22-12-16(8-11-21(22)32-5)18-13-17(35-15(2)30)9-10-20(18)27-23(31)19-14-26-25(29(3)4)28-24(19)33-6/h8,11-12,14,17-18,20H,7,9-10,13H2,1-6H3,(H,27,31)/t17-,18-,20-/m1/s1. The Morgan fingerprint density at radius 1 is 1.14 bits per heavy atom. The Kier molecular flexibility index (Phi) is 8.73. The van der Waals surface area contributed by atoms with E-state index in [9.17, 15) is 9.59 Å². The second-order valence-corrected chi connectivity index (χ2v) is 8.56. The Morgan fingerprint density at radius 2 is 1.91 bits per heavy atom. The largest absolute Gasteiger partial charge is 0.493 e. The maximum atomic E-state index is 13.3. The molecule has 35 heavy (non-hydrogen) atoms. The quantitative estimate of drug-likeness (QED) is 0.535. The van der Waals surface area contributed by atoms with Crippen LogP contribution in [0, 0.1) is 0 Å². The zero-order valence-corrected chi connectivity index (χ0v) is 21.2. The molecule has 190 valence electrons. The zero-order chi connectivity index (χ0) is 25.5. The smallest absolute Gasteiger partial charge is 0.302 e.